The van der Waals surface area contributed by atoms with Crippen molar-refractivity contribution in [1.29, 1.82) is 5.26 Å². The first-order valence-corrected chi connectivity index (χ1v) is 5.95. The summed E-state index contributed by atoms with van der Waals surface area (Å²) in [5, 5.41) is 8.89. The summed E-state index contributed by atoms with van der Waals surface area (Å²) in [5.41, 5.74) is 1.68. The van der Waals surface area contributed by atoms with E-state index in [1.165, 1.54) is 0 Å². The van der Waals surface area contributed by atoms with Crippen LogP contribution in [-0.4, -0.2) is 0 Å². The van der Waals surface area contributed by atoms with Crippen LogP contribution in [-0.2, 0) is 6.61 Å². The molecule has 0 atom stereocenters. The predicted octanol–water partition coefficient (Wildman–Crippen LogP) is 3.90. The second-order valence-corrected chi connectivity index (χ2v) is 4.38. The maximum absolute atomic E-state index is 8.89. The Morgan fingerprint density at radius 2 is 1.88 bits per heavy atom. The minimum atomic E-state index is 0.507. The highest BCUT2D eigenvalue weighted by Gasteiger charge is 2.01. The lowest BCUT2D eigenvalue weighted by Gasteiger charge is -2.06. The van der Waals surface area contributed by atoms with E-state index in [-0.39, 0.29) is 0 Å². The van der Waals surface area contributed by atoms with Crippen LogP contribution < -0.4 is 4.74 Å². The Kier molecular flexibility index (Phi) is 3.79. The minimum absolute atomic E-state index is 0.507. The van der Waals surface area contributed by atoms with Gasteiger partial charge in [0.15, 0.2) is 0 Å². The number of nitriles is 1. The Hall–Kier alpha value is -1.79. The molecule has 0 aromatic heterocycles. The standard InChI is InChI=1S/C14H10BrNO/c15-14-7-6-13(8-12(14)9-16)17-10-11-4-2-1-3-5-11/h1-8H,10H2. The van der Waals surface area contributed by atoms with Gasteiger partial charge >= 0.3 is 0 Å². The number of ether oxygens (including phenoxy) is 1. The van der Waals surface area contributed by atoms with Gasteiger partial charge in [0.1, 0.15) is 18.4 Å². The molecule has 0 saturated carbocycles. The van der Waals surface area contributed by atoms with Crippen molar-refractivity contribution >= 4 is 15.9 Å². The highest BCUT2D eigenvalue weighted by atomic mass is 79.9. The first kappa shape index (κ1) is 11.7. The van der Waals surface area contributed by atoms with Crippen LogP contribution >= 0.6 is 15.9 Å². The molecule has 3 heteroatoms. The first-order chi connectivity index (χ1) is 8.29. The lowest BCUT2D eigenvalue weighted by molar-refractivity contribution is 0.306. The average Bonchev–Trinajstić information content (AvgIpc) is 2.39. The molecule has 0 unspecified atom stereocenters. The molecule has 2 aromatic rings. The van der Waals surface area contributed by atoms with E-state index in [4.69, 9.17) is 10.00 Å². The van der Waals surface area contributed by atoms with E-state index < -0.39 is 0 Å². The summed E-state index contributed by atoms with van der Waals surface area (Å²) in [4.78, 5) is 0. The van der Waals surface area contributed by atoms with Crippen LogP contribution in [0.1, 0.15) is 11.1 Å². The van der Waals surface area contributed by atoms with E-state index in [9.17, 15) is 0 Å². The third-order valence-corrected chi connectivity index (χ3v) is 3.00. The number of halogens is 1. The summed E-state index contributed by atoms with van der Waals surface area (Å²) in [5.74, 6) is 0.702. The van der Waals surface area contributed by atoms with Gasteiger partial charge in [-0.2, -0.15) is 5.26 Å². The maximum Gasteiger partial charge on any atom is 0.121 e. The minimum Gasteiger partial charge on any atom is -0.489 e. The van der Waals surface area contributed by atoms with Crippen LogP contribution in [0, 0.1) is 11.3 Å². The van der Waals surface area contributed by atoms with Crippen molar-refractivity contribution in [2.75, 3.05) is 0 Å². The summed E-state index contributed by atoms with van der Waals surface area (Å²) in [7, 11) is 0. The molecule has 0 amide bonds. The zero-order chi connectivity index (χ0) is 12.1. The molecule has 0 bridgehead atoms. The van der Waals surface area contributed by atoms with Gasteiger partial charge in [-0.1, -0.05) is 30.3 Å². The number of rotatable bonds is 3. The summed E-state index contributed by atoms with van der Waals surface area (Å²) in [6, 6.07) is 17.4. The highest BCUT2D eigenvalue weighted by molar-refractivity contribution is 9.10. The Morgan fingerprint density at radius 1 is 1.12 bits per heavy atom. The van der Waals surface area contributed by atoms with Crippen molar-refractivity contribution in [3.05, 3.63) is 64.1 Å². The molecule has 84 valence electrons. The number of benzene rings is 2. The molecule has 0 fully saturated rings. The molecule has 17 heavy (non-hydrogen) atoms. The molecule has 2 aromatic carbocycles. The summed E-state index contributed by atoms with van der Waals surface area (Å²) in [6.07, 6.45) is 0. The van der Waals surface area contributed by atoms with E-state index in [1.54, 1.807) is 6.07 Å². The van der Waals surface area contributed by atoms with Crippen molar-refractivity contribution in [2.24, 2.45) is 0 Å². The Bertz CT molecular complexity index is 546. The summed E-state index contributed by atoms with van der Waals surface area (Å²) < 4.78 is 6.40. The normalized spacial score (nSPS) is 9.65. The molecule has 0 saturated heterocycles. The summed E-state index contributed by atoms with van der Waals surface area (Å²) >= 11 is 3.31. The second-order valence-electron chi connectivity index (χ2n) is 3.53. The predicted molar refractivity (Wildman–Crippen MR) is 69.6 cm³/mol. The Labute approximate surface area is 109 Å². The monoisotopic (exact) mass is 287 g/mol. The lowest BCUT2D eigenvalue weighted by atomic mass is 10.2. The topological polar surface area (TPSA) is 33.0 Å². The molecule has 0 aliphatic rings. The van der Waals surface area contributed by atoms with Gasteiger partial charge in [0.05, 0.1) is 5.56 Å². The van der Waals surface area contributed by atoms with Gasteiger partial charge in [0.2, 0.25) is 0 Å². The molecule has 0 radical (unpaired) electrons. The van der Waals surface area contributed by atoms with Crippen molar-refractivity contribution in [1.82, 2.24) is 0 Å². The quantitative estimate of drug-likeness (QED) is 0.858. The molecule has 2 rings (SSSR count). The molecule has 0 N–H and O–H groups in total. The maximum atomic E-state index is 8.89. The van der Waals surface area contributed by atoms with Crippen LogP contribution in [0.2, 0.25) is 0 Å². The van der Waals surface area contributed by atoms with Crippen LogP contribution in [0.15, 0.2) is 53.0 Å². The highest BCUT2D eigenvalue weighted by Crippen LogP contribution is 2.22. The van der Waals surface area contributed by atoms with Crippen molar-refractivity contribution in [3.8, 4) is 11.8 Å². The fourth-order valence-electron chi connectivity index (χ4n) is 1.42. The number of hydrogen-bond donors (Lipinski definition) is 0. The van der Waals surface area contributed by atoms with Gasteiger partial charge in [0, 0.05) is 4.47 Å². The third kappa shape index (κ3) is 3.08. The fraction of sp³-hybridized carbons (Fsp3) is 0.0714. The smallest absolute Gasteiger partial charge is 0.121 e. The van der Waals surface area contributed by atoms with Crippen molar-refractivity contribution in [3.63, 3.8) is 0 Å². The first-order valence-electron chi connectivity index (χ1n) is 5.16. The van der Waals surface area contributed by atoms with Crippen molar-refractivity contribution in [2.45, 2.75) is 6.61 Å². The van der Waals surface area contributed by atoms with Gasteiger partial charge < -0.3 is 4.74 Å². The van der Waals surface area contributed by atoms with Gasteiger partial charge in [-0.05, 0) is 39.7 Å². The molecular formula is C14H10BrNO. The fourth-order valence-corrected chi connectivity index (χ4v) is 1.76. The Balaban J connectivity index is 2.08. The zero-order valence-electron chi connectivity index (χ0n) is 9.06. The molecular weight excluding hydrogens is 278 g/mol. The molecule has 0 aliphatic heterocycles. The molecule has 2 nitrogen and oxygen atoms in total. The van der Waals surface area contributed by atoms with Gasteiger partial charge in [-0.15, -0.1) is 0 Å². The van der Waals surface area contributed by atoms with Gasteiger partial charge in [-0.3, -0.25) is 0 Å². The average molecular weight is 288 g/mol. The van der Waals surface area contributed by atoms with Crippen LogP contribution in [0.4, 0.5) is 0 Å². The molecule has 0 heterocycles. The van der Waals surface area contributed by atoms with E-state index in [0.717, 1.165) is 10.0 Å². The second kappa shape index (κ2) is 5.51. The third-order valence-electron chi connectivity index (χ3n) is 2.31. The molecule has 0 aliphatic carbocycles. The molecule has 0 spiro atoms. The number of nitrogens with zero attached hydrogens (tertiary/aromatic N) is 1. The van der Waals surface area contributed by atoms with Crippen molar-refractivity contribution < 1.29 is 4.74 Å². The van der Waals surface area contributed by atoms with E-state index in [1.807, 2.05) is 42.5 Å². The Morgan fingerprint density at radius 3 is 2.59 bits per heavy atom. The SMILES string of the molecule is N#Cc1cc(OCc2ccccc2)ccc1Br. The van der Waals surface area contributed by atoms with Crippen LogP contribution in [0.5, 0.6) is 5.75 Å². The van der Waals surface area contributed by atoms with Gasteiger partial charge in [-0.25, -0.2) is 0 Å². The van der Waals surface area contributed by atoms with Gasteiger partial charge in [0.25, 0.3) is 0 Å². The number of hydrogen-bond acceptors (Lipinski definition) is 2. The largest absolute Gasteiger partial charge is 0.489 e. The van der Waals surface area contributed by atoms with E-state index >= 15 is 0 Å². The van der Waals surface area contributed by atoms with E-state index in [0.29, 0.717) is 17.9 Å². The van der Waals surface area contributed by atoms with Crippen LogP contribution in [0.3, 0.4) is 0 Å². The summed E-state index contributed by atoms with van der Waals surface area (Å²) in [6.45, 7) is 0.507. The lowest BCUT2D eigenvalue weighted by Crippen LogP contribution is -1.95. The van der Waals surface area contributed by atoms with E-state index in [2.05, 4.69) is 22.0 Å². The van der Waals surface area contributed by atoms with Crippen LogP contribution in [0.25, 0.3) is 0 Å². The zero-order valence-corrected chi connectivity index (χ0v) is 10.6.